The molecule has 116 valence electrons. The number of hydrogen-bond acceptors (Lipinski definition) is 3. The minimum Gasteiger partial charge on any atom is -0.488 e. The molecule has 1 aliphatic carbocycles. The van der Waals surface area contributed by atoms with Gasteiger partial charge in [-0.2, -0.15) is 0 Å². The van der Waals surface area contributed by atoms with Gasteiger partial charge in [-0.15, -0.1) is 0 Å². The molecular weight excluding hydrogens is 278 g/mol. The molecule has 3 N–H and O–H groups in total. The quantitative estimate of drug-likeness (QED) is 0.846. The van der Waals surface area contributed by atoms with Gasteiger partial charge < -0.3 is 15.8 Å². The summed E-state index contributed by atoms with van der Waals surface area (Å²) >= 11 is 0. The van der Waals surface area contributed by atoms with Crippen molar-refractivity contribution >= 4 is 5.91 Å². The number of carbonyl (C=O) groups is 1. The van der Waals surface area contributed by atoms with Crippen molar-refractivity contribution in [3.8, 4) is 5.75 Å². The highest BCUT2D eigenvalue weighted by Gasteiger charge is 2.36. The molecule has 1 aromatic rings. The molecule has 2 rings (SSSR count). The van der Waals surface area contributed by atoms with Crippen LogP contribution in [0.1, 0.15) is 31.2 Å². The van der Waals surface area contributed by atoms with Crippen LogP contribution in [0.5, 0.6) is 5.75 Å². The van der Waals surface area contributed by atoms with Crippen LogP contribution < -0.4 is 15.8 Å². The first-order chi connectivity index (χ1) is 9.99. The zero-order valence-corrected chi connectivity index (χ0v) is 11.8. The van der Waals surface area contributed by atoms with Gasteiger partial charge in [0.1, 0.15) is 12.4 Å². The highest BCUT2D eigenvalue weighted by atomic mass is 19.3. The summed E-state index contributed by atoms with van der Waals surface area (Å²) in [7, 11) is 0. The SMILES string of the molecule is NC1(C(=O)NCc2cccc(OCC(F)F)c2)CCCC1. The van der Waals surface area contributed by atoms with E-state index in [1.165, 1.54) is 0 Å². The Bertz CT molecular complexity index is 488. The number of benzene rings is 1. The maximum absolute atomic E-state index is 12.1. The molecule has 0 aromatic heterocycles. The van der Waals surface area contributed by atoms with Gasteiger partial charge in [-0.25, -0.2) is 8.78 Å². The van der Waals surface area contributed by atoms with Crippen molar-refractivity contribution in [1.29, 1.82) is 0 Å². The summed E-state index contributed by atoms with van der Waals surface area (Å²) in [6, 6.07) is 6.75. The number of rotatable bonds is 6. The van der Waals surface area contributed by atoms with Crippen molar-refractivity contribution in [2.45, 2.75) is 44.2 Å². The molecule has 0 bridgehead atoms. The Labute approximate surface area is 122 Å². The summed E-state index contributed by atoms with van der Waals surface area (Å²) in [5, 5.41) is 2.81. The fourth-order valence-corrected chi connectivity index (χ4v) is 2.50. The molecule has 1 saturated carbocycles. The molecule has 1 aliphatic rings. The largest absolute Gasteiger partial charge is 0.488 e. The van der Waals surface area contributed by atoms with E-state index in [2.05, 4.69) is 5.32 Å². The fraction of sp³-hybridized carbons (Fsp3) is 0.533. The van der Waals surface area contributed by atoms with E-state index in [4.69, 9.17) is 10.5 Å². The third-order valence-corrected chi connectivity index (χ3v) is 3.68. The van der Waals surface area contributed by atoms with Gasteiger partial charge in [0.15, 0.2) is 0 Å². The van der Waals surface area contributed by atoms with E-state index in [1.54, 1.807) is 24.3 Å². The minimum absolute atomic E-state index is 0.154. The van der Waals surface area contributed by atoms with E-state index in [1.807, 2.05) is 0 Å². The second-order valence-electron chi connectivity index (χ2n) is 5.40. The van der Waals surface area contributed by atoms with Crippen LogP contribution in [0.15, 0.2) is 24.3 Å². The van der Waals surface area contributed by atoms with Crippen LogP contribution in [-0.2, 0) is 11.3 Å². The third-order valence-electron chi connectivity index (χ3n) is 3.68. The second kappa shape index (κ2) is 6.85. The van der Waals surface area contributed by atoms with Crippen molar-refractivity contribution in [1.82, 2.24) is 5.32 Å². The molecule has 1 amide bonds. The molecule has 6 heteroatoms. The van der Waals surface area contributed by atoms with Crippen molar-refractivity contribution in [3.63, 3.8) is 0 Å². The number of carbonyl (C=O) groups excluding carboxylic acids is 1. The summed E-state index contributed by atoms with van der Waals surface area (Å²) in [5.41, 5.74) is 6.09. The molecule has 1 aromatic carbocycles. The number of alkyl halides is 2. The van der Waals surface area contributed by atoms with Gasteiger partial charge in [-0.1, -0.05) is 25.0 Å². The summed E-state index contributed by atoms with van der Waals surface area (Å²) in [5.74, 6) is 0.212. The zero-order chi connectivity index (χ0) is 15.3. The molecule has 1 fully saturated rings. The third kappa shape index (κ3) is 4.39. The molecule has 21 heavy (non-hydrogen) atoms. The number of amides is 1. The van der Waals surface area contributed by atoms with E-state index in [9.17, 15) is 13.6 Å². The first-order valence-electron chi connectivity index (χ1n) is 7.07. The van der Waals surface area contributed by atoms with E-state index < -0.39 is 18.6 Å². The zero-order valence-electron chi connectivity index (χ0n) is 11.8. The van der Waals surface area contributed by atoms with Gasteiger partial charge in [0, 0.05) is 6.54 Å². The Kier molecular flexibility index (Phi) is 5.12. The van der Waals surface area contributed by atoms with E-state index in [0.717, 1.165) is 18.4 Å². The molecule has 0 unspecified atom stereocenters. The maximum Gasteiger partial charge on any atom is 0.272 e. The molecule has 0 spiro atoms. The maximum atomic E-state index is 12.1. The van der Waals surface area contributed by atoms with Gasteiger partial charge in [0.2, 0.25) is 5.91 Å². The van der Waals surface area contributed by atoms with Crippen molar-refractivity contribution < 1.29 is 18.3 Å². The first kappa shape index (κ1) is 15.7. The minimum atomic E-state index is -2.51. The van der Waals surface area contributed by atoms with Gasteiger partial charge in [0.25, 0.3) is 6.43 Å². The van der Waals surface area contributed by atoms with Gasteiger partial charge in [-0.05, 0) is 30.5 Å². The summed E-state index contributed by atoms with van der Waals surface area (Å²) < 4.78 is 29.1. The summed E-state index contributed by atoms with van der Waals surface area (Å²) in [6.07, 6.45) is 0.849. The van der Waals surface area contributed by atoms with Crippen LogP contribution >= 0.6 is 0 Å². The van der Waals surface area contributed by atoms with Gasteiger partial charge in [0.05, 0.1) is 5.54 Å². The molecule has 0 aliphatic heterocycles. The van der Waals surface area contributed by atoms with Crippen LogP contribution in [0, 0.1) is 0 Å². The lowest BCUT2D eigenvalue weighted by Crippen LogP contribution is -2.51. The first-order valence-corrected chi connectivity index (χ1v) is 7.07. The Morgan fingerprint density at radius 2 is 2.10 bits per heavy atom. The van der Waals surface area contributed by atoms with Gasteiger partial charge in [-0.3, -0.25) is 4.79 Å². The van der Waals surface area contributed by atoms with Crippen LogP contribution in [-0.4, -0.2) is 24.5 Å². The average Bonchev–Trinajstić information content (AvgIpc) is 2.91. The average molecular weight is 298 g/mol. The predicted octanol–water partition coefficient (Wildman–Crippen LogP) is 2.22. The lowest BCUT2D eigenvalue weighted by atomic mass is 9.98. The standard InChI is InChI=1S/C15H20F2N2O2/c16-13(17)10-21-12-5-3-4-11(8-12)9-19-14(20)15(18)6-1-2-7-15/h3-5,8,13H,1-2,6-7,9-10,18H2,(H,19,20). The normalized spacial score (nSPS) is 17.0. The smallest absolute Gasteiger partial charge is 0.272 e. The molecule has 0 radical (unpaired) electrons. The number of nitrogens with one attached hydrogen (secondary N) is 1. The molecular formula is C15H20F2N2O2. The van der Waals surface area contributed by atoms with Crippen LogP contribution in [0.4, 0.5) is 8.78 Å². The Balaban J connectivity index is 1.88. The Morgan fingerprint density at radius 1 is 1.38 bits per heavy atom. The fourth-order valence-electron chi connectivity index (χ4n) is 2.50. The van der Waals surface area contributed by atoms with Crippen molar-refractivity contribution in [3.05, 3.63) is 29.8 Å². The van der Waals surface area contributed by atoms with Crippen LogP contribution in [0.3, 0.4) is 0 Å². The topological polar surface area (TPSA) is 64.4 Å². The highest BCUT2D eigenvalue weighted by Crippen LogP contribution is 2.27. The van der Waals surface area contributed by atoms with E-state index in [0.29, 0.717) is 25.1 Å². The van der Waals surface area contributed by atoms with Crippen LogP contribution in [0.25, 0.3) is 0 Å². The van der Waals surface area contributed by atoms with E-state index in [-0.39, 0.29) is 5.91 Å². The van der Waals surface area contributed by atoms with Gasteiger partial charge >= 0.3 is 0 Å². The van der Waals surface area contributed by atoms with Crippen molar-refractivity contribution in [2.24, 2.45) is 5.73 Å². The number of ether oxygens (including phenoxy) is 1. The summed E-state index contributed by atoms with van der Waals surface area (Å²) in [4.78, 5) is 12.1. The lowest BCUT2D eigenvalue weighted by Gasteiger charge is -2.22. The van der Waals surface area contributed by atoms with Crippen LogP contribution in [0.2, 0.25) is 0 Å². The number of hydrogen-bond donors (Lipinski definition) is 2. The molecule has 4 nitrogen and oxygen atoms in total. The molecule has 0 heterocycles. The highest BCUT2D eigenvalue weighted by molar-refractivity contribution is 5.86. The summed E-state index contributed by atoms with van der Waals surface area (Å²) in [6.45, 7) is -0.328. The number of nitrogens with two attached hydrogens (primary N) is 1. The Morgan fingerprint density at radius 3 is 2.76 bits per heavy atom. The monoisotopic (exact) mass is 298 g/mol. The second-order valence-corrected chi connectivity index (χ2v) is 5.40. The molecule has 0 atom stereocenters. The molecule has 0 saturated heterocycles. The lowest BCUT2D eigenvalue weighted by molar-refractivity contribution is -0.126. The number of halogens is 2. The Hall–Kier alpha value is -1.69. The predicted molar refractivity (Wildman–Crippen MR) is 75.2 cm³/mol. The van der Waals surface area contributed by atoms with E-state index >= 15 is 0 Å². The van der Waals surface area contributed by atoms with Crippen molar-refractivity contribution in [2.75, 3.05) is 6.61 Å².